The van der Waals surface area contributed by atoms with Crippen molar-refractivity contribution in [2.75, 3.05) is 41.8 Å². The molecule has 138 valence electrons. The van der Waals surface area contributed by atoms with Crippen LogP contribution in [0.25, 0.3) is 0 Å². The second-order valence-corrected chi connectivity index (χ2v) is 6.56. The standard InChI is InChI=1S/C21H27N3O2/c1-3-17-5-4-6-19(15-17)22-16(2)21(25)23-18-7-9-20(10-8-18)24-11-13-26-14-12-24/h4-10,15-16,22H,3,11-14H2,1-2H3,(H,23,25)/t16-/m0/s1. The first-order valence-corrected chi connectivity index (χ1v) is 9.25. The summed E-state index contributed by atoms with van der Waals surface area (Å²) < 4.78 is 5.38. The molecule has 1 aliphatic rings. The predicted octanol–water partition coefficient (Wildman–Crippen LogP) is 3.52. The summed E-state index contributed by atoms with van der Waals surface area (Å²) in [6.45, 7) is 7.33. The Bertz CT molecular complexity index is 724. The molecular weight excluding hydrogens is 326 g/mol. The SMILES string of the molecule is CCc1cccc(N[C@@H](C)C(=O)Nc2ccc(N3CCOCC3)cc2)c1. The molecule has 5 heteroatoms. The van der Waals surface area contributed by atoms with E-state index in [9.17, 15) is 4.79 Å². The van der Waals surface area contributed by atoms with Crippen LogP contribution < -0.4 is 15.5 Å². The summed E-state index contributed by atoms with van der Waals surface area (Å²) >= 11 is 0. The average Bonchev–Trinajstić information content (AvgIpc) is 2.69. The molecule has 1 fully saturated rings. The Labute approximate surface area is 155 Å². The van der Waals surface area contributed by atoms with Gasteiger partial charge in [-0.2, -0.15) is 0 Å². The fraction of sp³-hybridized carbons (Fsp3) is 0.381. The maximum Gasteiger partial charge on any atom is 0.246 e. The van der Waals surface area contributed by atoms with Crippen molar-refractivity contribution in [2.24, 2.45) is 0 Å². The largest absolute Gasteiger partial charge is 0.378 e. The van der Waals surface area contributed by atoms with Gasteiger partial charge in [0.2, 0.25) is 5.91 Å². The van der Waals surface area contributed by atoms with E-state index in [1.165, 1.54) is 5.56 Å². The van der Waals surface area contributed by atoms with Crippen LogP contribution in [-0.4, -0.2) is 38.3 Å². The number of nitrogens with zero attached hydrogens (tertiary/aromatic N) is 1. The number of hydrogen-bond donors (Lipinski definition) is 2. The molecule has 1 amide bonds. The fourth-order valence-corrected chi connectivity index (χ4v) is 3.02. The molecule has 2 N–H and O–H groups in total. The molecular formula is C21H27N3O2. The second kappa shape index (κ2) is 8.72. The van der Waals surface area contributed by atoms with Gasteiger partial charge in [-0.05, 0) is 55.3 Å². The molecule has 0 bridgehead atoms. The normalized spacial score (nSPS) is 15.4. The molecule has 1 heterocycles. The Hall–Kier alpha value is -2.53. The number of nitrogens with one attached hydrogen (secondary N) is 2. The van der Waals surface area contributed by atoms with Crippen molar-refractivity contribution in [2.45, 2.75) is 26.3 Å². The Morgan fingerprint density at radius 3 is 2.54 bits per heavy atom. The van der Waals surface area contributed by atoms with E-state index in [0.717, 1.165) is 49.8 Å². The number of morpholine rings is 1. The van der Waals surface area contributed by atoms with Gasteiger partial charge in [0.05, 0.1) is 13.2 Å². The van der Waals surface area contributed by atoms with Crippen LogP contribution in [-0.2, 0) is 16.0 Å². The highest BCUT2D eigenvalue weighted by atomic mass is 16.5. The van der Waals surface area contributed by atoms with E-state index in [2.05, 4.69) is 34.6 Å². The topological polar surface area (TPSA) is 53.6 Å². The van der Waals surface area contributed by atoms with Crippen molar-refractivity contribution in [3.63, 3.8) is 0 Å². The smallest absolute Gasteiger partial charge is 0.246 e. The highest BCUT2D eigenvalue weighted by molar-refractivity contribution is 5.96. The highest BCUT2D eigenvalue weighted by Gasteiger charge is 2.14. The molecule has 2 aromatic rings. The van der Waals surface area contributed by atoms with E-state index in [1.54, 1.807) is 0 Å². The lowest BCUT2D eigenvalue weighted by Gasteiger charge is -2.29. The van der Waals surface area contributed by atoms with E-state index in [1.807, 2.05) is 43.3 Å². The lowest BCUT2D eigenvalue weighted by atomic mass is 10.1. The predicted molar refractivity (Wildman–Crippen MR) is 107 cm³/mol. The van der Waals surface area contributed by atoms with E-state index in [-0.39, 0.29) is 11.9 Å². The lowest BCUT2D eigenvalue weighted by Crippen LogP contribution is -2.36. The first-order valence-electron chi connectivity index (χ1n) is 9.25. The zero-order chi connectivity index (χ0) is 18.4. The number of anilines is 3. The molecule has 3 rings (SSSR count). The van der Waals surface area contributed by atoms with Gasteiger partial charge in [-0.1, -0.05) is 19.1 Å². The van der Waals surface area contributed by atoms with Crippen LogP contribution in [0.5, 0.6) is 0 Å². The number of carbonyl (C=O) groups is 1. The second-order valence-electron chi connectivity index (χ2n) is 6.56. The summed E-state index contributed by atoms with van der Waals surface area (Å²) in [4.78, 5) is 14.7. The van der Waals surface area contributed by atoms with Crippen molar-refractivity contribution in [3.8, 4) is 0 Å². The summed E-state index contributed by atoms with van der Waals surface area (Å²) in [7, 11) is 0. The van der Waals surface area contributed by atoms with Crippen molar-refractivity contribution in [1.29, 1.82) is 0 Å². The average molecular weight is 353 g/mol. The van der Waals surface area contributed by atoms with Gasteiger partial charge < -0.3 is 20.3 Å². The van der Waals surface area contributed by atoms with E-state index < -0.39 is 0 Å². The molecule has 26 heavy (non-hydrogen) atoms. The van der Waals surface area contributed by atoms with Gasteiger partial charge in [0, 0.05) is 30.2 Å². The monoisotopic (exact) mass is 353 g/mol. The van der Waals surface area contributed by atoms with Crippen LogP contribution in [0.3, 0.4) is 0 Å². The minimum Gasteiger partial charge on any atom is -0.378 e. The fourth-order valence-electron chi connectivity index (χ4n) is 3.02. The number of benzene rings is 2. The molecule has 2 aromatic carbocycles. The zero-order valence-electron chi connectivity index (χ0n) is 15.5. The quantitative estimate of drug-likeness (QED) is 0.834. The molecule has 0 spiro atoms. The van der Waals surface area contributed by atoms with Gasteiger partial charge in [-0.3, -0.25) is 4.79 Å². The minimum absolute atomic E-state index is 0.0500. The molecule has 0 saturated carbocycles. The molecule has 0 radical (unpaired) electrons. The first-order chi connectivity index (χ1) is 12.7. The maximum atomic E-state index is 12.5. The number of rotatable bonds is 6. The molecule has 0 aromatic heterocycles. The van der Waals surface area contributed by atoms with Crippen LogP contribution in [0.4, 0.5) is 17.1 Å². The molecule has 0 unspecified atom stereocenters. The van der Waals surface area contributed by atoms with Crippen molar-refractivity contribution < 1.29 is 9.53 Å². The molecule has 5 nitrogen and oxygen atoms in total. The summed E-state index contributed by atoms with van der Waals surface area (Å²) in [5, 5.41) is 6.24. The van der Waals surface area contributed by atoms with E-state index >= 15 is 0 Å². The van der Waals surface area contributed by atoms with Gasteiger partial charge in [0.25, 0.3) is 0 Å². The van der Waals surface area contributed by atoms with Crippen LogP contribution in [0, 0.1) is 0 Å². The third kappa shape index (κ3) is 4.76. The van der Waals surface area contributed by atoms with Crippen molar-refractivity contribution in [3.05, 3.63) is 54.1 Å². The Balaban J connectivity index is 1.56. The molecule has 1 atom stereocenters. The van der Waals surface area contributed by atoms with Crippen LogP contribution in [0.1, 0.15) is 19.4 Å². The summed E-state index contributed by atoms with van der Waals surface area (Å²) in [6, 6.07) is 15.8. The van der Waals surface area contributed by atoms with E-state index in [0.29, 0.717) is 0 Å². The third-order valence-corrected chi connectivity index (χ3v) is 4.62. The molecule has 1 saturated heterocycles. The van der Waals surface area contributed by atoms with Crippen LogP contribution in [0.2, 0.25) is 0 Å². The van der Waals surface area contributed by atoms with Crippen LogP contribution in [0.15, 0.2) is 48.5 Å². The number of amides is 1. The molecule has 0 aliphatic carbocycles. The third-order valence-electron chi connectivity index (χ3n) is 4.62. The van der Waals surface area contributed by atoms with Gasteiger partial charge in [-0.25, -0.2) is 0 Å². The van der Waals surface area contributed by atoms with Gasteiger partial charge in [0.1, 0.15) is 6.04 Å². The van der Waals surface area contributed by atoms with Crippen molar-refractivity contribution in [1.82, 2.24) is 0 Å². The van der Waals surface area contributed by atoms with Crippen LogP contribution >= 0.6 is 0 Å². The first kappa shape index (κ1) is 18.3. The Morgan fingerprint density at radius 1 is 1.12 bits per heavy atom. The summed E-state index contributed by atoms with van der Waals surface area (Å²) in [6.07, 6.45) is 0.978. The number of ether oxygens (including phenoxy) is 1. The van der Waals surface area contributed by atoms with Gasteiger partial charge >= 0.3 is 0 Å². The minimum atomic E-state index is -0.318. The van der Waals surface area contributed by atoms with Gasteiger partial charge in [0.15, 0.2) is 0 Å². The highest BCUT2D eigenvalue weighted by Crippen LogP contribution is 2.19. The summed E-state index contributed by atoms with van der Waals surface area (Å²) in [5.41, 5.74) is 4.19. The Kier molecular flexibility index (Phi) is 6.12. The lowest BCUT2D eigenvalue weighted by molar-refractivity contribution is -0.116. The zero-order valence-corrected chi connectivity index (χ0v) is 15.5. The molecule has 1 aliphatic heterocycles. The number of aryl methyl sites for hydroxylation is 1. The van der Waals surface area contributed by atoms with E-state index in [4.69, 9.17) is 4.74 Å². The number of carbonyl (C=O) groups excluding carboxylic acids is 1. The maximum absolute atomic E-state index is 12.5. The van der Waals surface area contributed by atoms with Crippen molar-refractivity contribution >= 4 is 23.0 Å². The summed E-state index contributed by atoms with van der Waals surface area (Å²) in [5.74, 6) is -0.0500. The Morgan fingerprint density at radius 2 is 1.85 bits per heavy atom. The van der Waals surface area contributed by atoms with Gasteiger partial charge in [-0.15, -0.1) is 0 Å². The number of hydrogen-bond acceptors (Lipinski definition) is 4.